The Morgan fingerprint density at radius 3 is 2.63 bits per heavy atom. The average molecular weight is 415 g/mol. The highest BCUT2D eigenvalue weighted by Crippen LogP contribution is 2.40. The second-order valence-corrected chi connectivity index (χ2v) is 7.86. The van der Waals surface area contributed by atoms with Crippen LogP contribution in [0.3, 0.4) is 0 Å². The summed E-state index contributed by atoms with van der Waals surface area (Å²) in [6.07, 6.45) is 5.62. The molecule has 1 aromatic carbocycles. The molecule has 4 heterocycles. The van der Waals surface area contributed by atoms with Crippen LogP contribution < -0.4 is 5.32 Å². The summed E-state index contributed by atoms with van der Waals surface area (Å²) in [5.41, 5.74) is 4.47. The van der Waals surface area contributed by atoms with E-state index in [4.69, 9.17) is 16.6 Å². The van der Waals surface area contributed by atoms with Crippen molar-refractivity contribution in [2.45, 2.75) is 25.6 Å². The first-order chi connectivity index (χ1) is 14.7. The predicted octanol–water partition coefficient (Wildman–Crippen LogP) is 4.95. The van der Waals surface area contributed by atoms with E-state index in [0.29, 0.717) is 11.7 Å². The lowest BCUT2D eigenvalue weighted by Gasteiger charge is -2.28. The number of pyridine rings is 1. The van der Waals surface area contributed by atoms with Gasteiger partial charge in [0.05, 0.1) is 30.6 Å². The smallest absolute Gasteiger partial charge is 0.170 e. The number of furan rings is 1. The zero-order valence-electron chi connectivity index (χ0n) is 16.6. The van der Waals surface area contributed by atoms with Crippen molar-refractivity contribution in [3.8, 4) is 5.69 Å². The van der Waals surface area contributed by atoms with Gasteiger partial charge >= 0.3 is 0 Å². The summed E-state index contributed by atoms with van der Waals surface area (Å²) >= 11 is 5.75. The average Bonchev–Trinajstić information content (AvgIpc) is 3.51. The number of rotatable bonds is 5. The summed E-state index contributed by atoms with van der Waals surface area (Å²) in [5.74, 6) is 0.874. The van der Waals surface area contributed by atoms with E-state index in [1.165, 1.54) is 5.56 Å². The van der Waals surface area contributed by atoms with Gasteiger partial charge in [0.1, 0.15) is 5.76 Å². The summed E-state index contributed by atoms with van der Waals surface area (Å²) in [5, 5.41) is 4.20. The van der Waals surface area contributed by atoms with Crippen molar-refractivity contribution in [3.05, 3.63) is 108 Å². The van der Waals surface area contributed by atoms with E-state index < -0.39 is 0 Å². The van der Waals surface area contributed by atoms with Crippen molar-refractivity contribution in [1.29, 1.82) is 0 Å². The lowest BCUT2D eigenvalue weighted by molar-refractivity contribution is 0.280. The zero-order valence-corrected chi connectivity index (χ0v) is 17.4. The molecule has 0 unspecified atom stereocenters. The first-order valence-electron chi connectivity index (χ1n) is 9.95. The molecule has 0 saturated carbocycles. The zero-order chi connectivity index (χ0) is 20.5. The number of nitrogens with zero attached hydrogens (tertiary/aromatic N) is 3. The fraction of sp³-hybridized carbons (Fsp3) is 0.167. The minimum Gasteiger partial charge on any atom is -0.467 e. The van der Waals surface area contributed by atoms with Crippen LogP contribution in [0.1, 0.15) is 34.8 Å². The van der Waals surface area contributed by atoms with Crippen LogP contribution in [-0.2, 0) is 6.54 Å². The second kappa shape index (κ2) is 7.80. The first kappa shape index (κ1) is 18.6. The van der Waals surface area contributed by atoms with Crippen molar-refractivity contribution in [2.75, 3.05) is 0 Å². The summed E-state index contributed by atoms with van der Waals surface area (Å²) in [6.45, 7) is 2.69. The predicted molar refractivity (Wildman–Crippen MR) is 120 cm³/mol. The van der Waals surface area contributed by atoms with Crippen molar-refractivity contribution < 1.29 is 4.42 Å². The van der Waals surface area contributed by atoms with E-state index in [1.54, 1.807) is 6.26 Å². The monoisotopic (exact) mass is 414 g/mol. The largest absolute Gasteiger partial charge is 0.467 e. The normalized spacial score (nSPS) is 18.6. The number of hydrogen-bond acceptors (Lipinski definition) is 3. The molecule has 6 heteroatoms. The van der Waals surface area contributed by atoms with E-state index in [0.717, 1.165) is 22.8 Å². The van der Waals surface area contributed by atoms with Gasteiger partial charge in [0, 0.05) is 23.8 Å². The first-order valence-corrected chi connectivity index (χ1v) is 10.4. The summed E-state index contributed by atoms with van der Waals surface area (Å²) in [4.78, 5) is 6.81. The lowest BCUT2D eigenvalue weighted by atomic mass is 10.0. The van der Waals surface area contributed by atoms with Crippen LogP contribution in [0.5, 0.6) is 0 Å². The van der Waals surface area contributed by atoms with Crippen molar-refractivity contribution in [2.24, 2.45) is 0 Å². The Bertz CT molecular complexity index is 1140. The van der Waals surface area contributed by atoms with E-state index in [2.05, 4.69) is 69.3 Å². The van der Waals surface area contributed by atoms with Gasteiger partial charge < -0.3 is 19.2 Å². The molecule has 0 amide bonds. The minimum atomic E-state index is -0.0623. The fourth-order valence-corrected chi connectivity index (χ4v) is 4.35. The van der Waals surface area contributed by atoms with Crippen LogP contribution in [0.25, 0.3) is 5.69 Å². The van der Waals surface area contributed by atoms with Crippen LogP contribution in [0, 0.1) is 6.92 Å². The standard InChI is InChI=1S/C24H22N4OS/c1-17-9-11-18(12-10-17)27-14-4-8-21(27)23-22(20-7-2-3-13-25-20)26-24(30)28(23)16-19-6-5-15-29-19/h2-15,22-23H,16H2,1H3,(H,26,30)/t22-,23+/m0/s1. The number of benzene rings is 1. The summed E-state index contributed by atoms with van der Waals surface area (Å²) in [7, 11) is 0. The topological polar surface area (TPSA) is 46.2 Å². The molecule has 1 fully saturated rings. The van der Waals surface area contributed by atoms with Gasteiger partial charge in [-0.2, -0.15) is 0 Å². The quantitative estimate of drug-likeness (QED) is 0.469. The molecule has 1 saturated heterocycles. The Morgan fingerprint density at radius 2 is 1.90 bits per heavy atom. The molecule has 1 aliphatic heterocycles. The molecule has 4 aromatic rings. The van der Waals surface area contributed by atoms with E-state index >= 15 is 0 Å². The van der Waals surface area contributed by atoms with Gasteiger partial charge in [0.15, 0.2) is 5.11 Å². The molecule has 1 aliphatic rings. The number of hydrogen-bond donors (Lipinski definition) is 1. The Hall–Kier alpha value is -3.38. The Balaban J connectivity index is 1.60. The van der Waals surface area contributed by atoms with Gasteiger partial charge in [-0.25, -0.2) is 0 Å². The molecule has 1 N–H and O–H groups in total. The third-order valence-corrected chi connectivity index (χ3v) is 5.85. The lowest BCUT2D eigenvalue weighted by Crippen LogP contribution is -2.29. The highest BCUT2D eigenvalue weighted by molar-refractivity contribution is 7.80. The van der Waals surface area contributed by atoms with Gasteiger partial charge in [0.2, 0.25) is 0 Å². The third kappa shape index (κ3) is 3.39. The molecule has 30 heavy (non-hydrogen) atoms. The number of thiocarbonyl (C=S) groups is 1. The molecule has 0 radical (unpaired) electrons. The van der Waals surface area contributed by atoms with Gasteiger partial charge in [-0.05, 0) is 67.7 Å². The van der Waals surface area contributed by atoms with Crippen molar-refractivity contribution in [3.63, 3.8) is 0 Å². The second-order valence-electron chi connectivity index (χ2n) is 7.47. The SMILES string of the molecule is Cc1ccc(-n2cccc2[C@@H]2[C@H](c3ccccn3)NC(=S)N2Cc2ccco2)cc1. The molecular weight excluding hydrogens is 392 g/mol. The van der Waals surface area contributed by atoms with Crippen LogP contribution in [-0.4, -0.2) is 19.6 Å². The molecule has 5 rings (SSSR count). The Labute approximate surface area is 181 Å². The van der Waals surface area contributed by atoms with E-state index in [-0.39, 0.29) is 12.1 Å². The van der Waals surface area contributed by atoms with Gasteiger partial charge in [-0.1, -0.05) is 23.8 Å². The number of aromatic nitrogens is 2. The molecule has 3 aromatic heterocycles. The Morgan fingerprint density at radius 1 is 1.03 bits per heavy atom. The van der Waals surface area contributed by atoms with Crippen molar-refractivity contribution >= 4 is 17.3 Å². The molecular formula is C24H22N4OS. The highest BCUT2D eigenvalue weighted by atomic mass is 32.1. The maximum absolute atomic E-state index is 5.75. The van der Waals surface area contributed by atoms with E-state index in [1.807, 2.05) is 36.5 Å². The number of aryl methyl sites for hydroxylation is 1. The highest BCUT2D eigenvalue weighted by Gasteiger charge is 2.41. The maximum atomic E-state index is 5.75. The van der Waals surface area contributed by atoms with Crippen LogP contribution in [0.2, 0.25) is 0 Å². The molecule has 5 nitrogen and oxygen atoms in total. The molecule has 0 bridgehead atoms. The Kier molecular flexibility index (Phi) is 4.85. The van der Waals surface area contributed by atoms with Gasteiger partial charge in [0.25, 0.3) is 0 Å². The fourth-order valence-electron chi connectivity index (χ4n) is 4.04. The molecule has 150 valence electrons. The molecule has 0 aliphatic carbocycles. The maximum Gasteiger partial charge on any atom is 0.170 e. The number of nitrogens with one attached hydrogen (secondary N) is 1. The van der Waals surface area contributed by atoms with Crippen molar-refractivity contribution in [1.82, 2.24) is 19.8 Å². The summed E-state index contributed by atoms with van der Waals surface area (Å²) in [6, 6.07) is 22.6. The third-order valence-electron chi connectivity index (χ3n) is 5.50. The molecule has 2 atom stereocenters. The van der Waals surface area contributed by atoms with Gasteiger partial charge in [-0.3, -0.25) is 4.98 Å². The molecule has 0 spiro atoms. The van der Waals surface area contributed by atoms with Crippen LogP contribution >= 0.6 is 12.2 Å². The van der Waals surface area contributed by atoms with Crippen LogP contribution in [0.15, 0.2) is 89.8 Å². The minimum absolute atomic E-state index is 0.0335. The summed E-state index contributed by atoms with van der Waals surface area (Å²) < 4.78 is 7.85. The van der Waals surface area contributed by atoms with Gasteiger partial charge in [-0.15, -0.1) is 0 Å². The van der Waals surface area contributed by atoms with E-state index in [9.17, 15) is 0 Å². The van der Waals surface area contributed by atoms with Crippen LogP contribution in [0.4, 0.5) is 0 Å².